The number of carbonyl (C=O) groups excluding carboxylic acids is 2. The number of carbonyl (C=O) groups is 2. The topological polar surface area (TPSA) is 58.6 Å². The van der Waals surface area contributed by atoms with E-state index >= 15 is 0 Å². The lowest BCUT2D eigenvalue weighted by molar-refractivity contribution is -0.116. The molecule has 0 fully saturated rings. The minimum atomic E-state index is -0.690. The summed E-state index contributed by atoms with van der Waals surface area (Å²) in [6.45, 7) is 4.27. The maximum absolute atomic E-state index is 13.8. The van der Waals surface area contributed by atoms with E-state index in [1.54, 1.807) is 24.3 Å². The molecule has 2 amide bonds. The Bertz CT molecular complexity index is 761. The molecule has 0 radical (unpaired) electrons. The van der Waals surface area contributed by atoms with Crippen LogP contribution in [0.15, 0.2) is 42.5 Å². The Morgan fingerprint density at radius 3 is 2.46 bits per heavy atom. The lowest BCUT2D eigenvalue weighted by Crippen LogP contribution is -2.37. The van der Waals surface area contributed by atoms with Crippen LogP contribution in [0.25, 0.3) is 0 Å². The van der Waals surface area contributed by atoms with Crippen molar-refractivity contribution < 1.29 is 18.7 Å². The first-order valence-electron chi connectivity index (χ1n) is 8.17. The predicted molar refractivity (Wildman–Crippen MR) is 99.4 cm³/mol. The number of rotatable bonds is 7. The largest absolute Gasteiger partial charge is 0.494 e. The van der Waals surface area contributed by atoms with Gasteiger partial charge in [-0.25, -0.2) is 4.39 Å². The molecule has 0 aromatic heterocycles. The maximum Gasteiger partial charge on any atom is 0.255 e. The van der Waals surface area contributed by atoms with Gasteiger partial charge in [-0.1, -0.05) is 17.7 Å². The van der Waals surface area contributed by atoms with E-state index in [4.69, 9.17) is 16.3 Å². The fourth-order valence-electron chi connectivity index (χ4n) is 2.44. The number of hydrogen-bond acceptors (Lipinski definition) is 3. The number of nitrogens with one attached hydrogen (secondary N) is 1. The summed E-state index contributed by atoms with van der Waals surface area (Å²) >= 11 is 5.88. The van der Waals surface area contributed by atoms with Gasteiger partial charge in [0.2, 0.25) is 5.91 Å². The molecule has 0 saturated heterocycles. The van der Waals surface area contributed by atoms with Crippen LogP contribution in [-0.4, -0.2) is 31.5 Å². The molecule has 2 aromatic rings. The highest BCUT2D eigenvalue weighted by Crippen LogP contribution is 2.20. The number of amides is 2. The van der Waals surface area contributed by atoms with Gasteiger partial charge in [-0.3, -0.25) is 9.59 Å². The first-order valence-corrected chi connectivity index (χ1v) is 8.55. The van der Waals surface area contributed by atoms with Crippen LogP contribution < -0.4 is 15.0 Å². The van der Waals surface area contributed by atoms with Crippen LogP contribution in [-0.2, 0) is 4.79 Å². The van der Waals surface area contributed by atoms with Gasteiger partial charge in [0.25, 0.3) is 5.91 Å². The van der Waals surface area contributed by atoms with E-state index in [0.717, 1.165) is 0 Å². The Hall–Kier alpha value is -2.60. The zero-order valence-electron chi connectivity index (χ0n) is 14.6. The molecule has 0 aliphatic rings. The third-order valence-electron chi connectivity index (χ3n) is 3.65. The summed E-state index contributed by atoms with van der Waals surface area (Å²) in [7, 11) is 0. The summed E-state index contributed by atoms with van der Waals surface area (Å²) in [5.41, 5.74) is 0.476. The molecule has 0 bridgehead atoms. The quantitative estimate of drug-likeness (QED) is 0.799. The van der Waals surface area contributed by atoms with E-state index in [1.165, 1.54) is 30.0 Å². The van der Waals surface area contributed by atoms with E-state index in [1.807, 2.05) is 6.92 Å². The molecule has 0 unspecified atom stereocenters. The molecule has 138 valence electrons. The van der Waals surface area contributed by atoms with Crippen molar-refractivity contribution in [2.75, 3.05) is 24.6 Å². The van der Waals surface area contributed by atoms with Gasteiger partial charge in [0.15, 0.2) is 0 Å². The molecule has 5 nitrogen and oxygen atoms in total. The van der Waals surface area contributed by atoms with Crippen LogP contribution in [0.2, 0.25) is 5.02 Å². The first-order chi connectivity index (χ1) is 12.4. The SMILES string of the molecule is CCOc1ccc(N(CCNC(=O)c2c(F)cccc2Cl)C(C)=O)cc1. The summed E-state index contributed by atoms with van der Waals surface area (Å²) in [5, 5.41) is 2.62. The molecule has 0 atom stereocenters. The van der Waals surface area contributed by atoms with Crippen molar-refractivity contribution in [3.63, 3.8) is 0 Å². The van der Waals surface area contributed by atoms with Gasteiger partial charge >= 0.3 is 0 Å². The van der Waals surface area contributed by atoms with Crippen molar-refractivity contribution in [2.24, 2.45) is 0 Å². The lowest BCUT2D eigenvalue weighted by atomic mass is 10.2. The molecule has 0 saturated carbocycles. The molecule has 2 aromatic carbocycles. The van der Waals surface area contributed by atoms with Gasteiger partial charge in [0.05, 0.1) is 17.2 Å². The minimum Gasteiger partial charge on any atom is -0.494 e. The highest BCUT2D eigenvalue weighted by molar-refractivity contribution is 6.33. The van der Waals surface area contributed by atoms with E-state index in [9.17, 15) is 14.0 Å². The van der Waals surface area contributed by atoms with Crippen LogP contribution in [0.3, 0.4) is 0 Å². The molecule has 7 heteroatoms. The fourth-order valence-corrected chi connectivity index (χ4v) is 2.69. The second-order valence-corrected chi connectivity index (χ2v) is 5.86. The Labute approximate surface area is 156 Å². The number of hydrogen-bond donors (Lipinski definition) is 1. The standard InChI is InChI=1S/C19H20ClFN2O3/c1-3-26-15-9-7-14(8-10-15)23(13(2)24)12-11-22-19(25)18-16(20)5-4-6-17(18)21/h4-10H,3,11-12H2,1-2H3,(H,22,25). The zero-order chi connectivity index (χ0) is 19.1. The number of benzene rings is 2. The van der Waals surface area contributed by atoms with Crippen molar-refractivity contribution in [2.45, 2.75) is 13.8 Å². The highest BCUT2D eigenvalue weighted by Gasteiger charge is 2.17. The summed E-state index contributed by atoms with van der Waals surface area (Å²) in [5.74, 6) is -0.775. The highest BCUT2D eigenvalue weighted by atomic mass is 35.5. The fraction of sp³-hybridized carbons (Fsp3) is 0.263. The monoisotopic (exact) mass is 378 g/mol. The van der Waals surface area contributed by atoms with E-state index in [0.29, 0.717) is 18.0 Å². The smallest absolute Gasteiger partial charge is 0.255 e. The summed E-state index contributed by atoms with van der Waals surface area (Å²) in [6, 6.07) is 11.1. The molecule has 1 N–H and O–H groups in total. The minimum absolute atomic E-state index is 0.0393. The van der Waals surface area contributed by atoms with Gasteiger partial charge in [-0.15, -0.1) is 0 Å². The average molecular weight is 379 g/mol. The van der Waals surface area contributed by atoms with Crippen molar-refractivity contribution in [3.8, 4) is 5.75 Å². The van der Waals surface area contributed by atoms with Gasteiger partial charge < -0.3 is 15.0 Å². The normalized spacial score (nSPS) is 10.3. The van der Waals surface area contributed by atoms with Gasteiger partial charge in [-0.2, -0.15) is 0 Å². The number of halogens is 2. The first kappa shape index (κ1) is 19.7. The van der Waals surface area contributed by atoms with Crippen LogP contribution in [0.4, 0.5) is 10.1 Å². The Kier molecular flexibility index (Phi) is 6.97. The second kappa shape index (κ2) is 9.20. The van der Waals surface area contributed by atoms with Crippen molar-refractivity contribution in [3.05, 3.63) is 58.9 Å². The van der Waals surface area contributed by atoms with E-state index in [2.05, 4.69) is 5.32 Å². The number of anilines is 1. The van der Waals surface area contributed by atoms with Crippen molar-refractivity contribution in [1.29, 1.82) is 0 Å². The second-order valence-electron chi connectivity index (χ2n) is 5.45. The van der Waals surface area contributed by atoms with E-state index in [-0.39, 0.29) is 29.6 Å². The molecular formula is C19H20ClFN2O3. The molecule has 0 heterocycles. The third-order valence-corrected chi connectivity index (χ3v) is 3.97. The molecule has 26 heavy (non-hydrogen) atoms. The van der Waals surface area contributed by atoms with Crippen molar-refractivity contribution >= 4 is 29.1 Å². The van der Waals surface area contributed by atoms with Gasteiger partial charge in [-0.05, 0) is 43.3 Å². The summed E-state index contributed by atoms with van der Waals surface area (Å²) in [6.07, 6.45) is 0. The van der Waals surface area contributed by atoms with Crippen LogP contribution >= 0.6 is 11.6 Å². The van der Waals surface area contributed by atoms with Crippen LogP contribution in [0.1, 0.15) is 24.2 Å². The number of nitrogens with zero attached hydrogens (tertiary/aromatic N) is 1. The summed E-state index contributed by atoms with van der Waals surface area (Å²) in [4.78, 5) is 25.6. The van der Waals surface area contributed by atoms with Gasteiger partial charge in [0.1, 0.15) is 11.6 Å². The Morgan fingerprint density at radius 1 is 1.19 bits per heavy atom. The molecule has 0 aliphatic heterocycles. The zero-order valence-corrected chi connectivity index (χ0v) is 15.3. The predicted octanol–water partition coefficient (Wildman–Crippen LogP) is 3.66. The van der Waals surface area contributed by atoms with Crippen LogP contribution in [0.5, 0.6) is 5.75 Å². The Morgan fingerprint density at radius 2 is 1.88 bits per heavy atom. The Balaban J connectivity index is 2.00. The van der Waals surface area contributed by atoms with Crippen molar-refractivity contribution in [1.82, 2.24) is 5.32 Å². The summed E-state index contributed by atoms with van der Waals surface area (Å²) < 4.78 is 19.1. The van der Waals surface area contributed by atoms with E-state index < -0.39 is 11.7 Å². The number of ether oxygens (including phenoxy) is 1. The maximum atomic E-state index is 13.8. The average Bonchev–Trinajstić information content (AvgIpc) is 2.59. The molecule has 2 rings (SSSR count). The lowest BCUT2D eigenvalue weighted by Gasteiger charge is -2.22. The van der Waals surface area contributed by atoms with Crippen LogP contribution in [0, 0.1) is 5.82 Å². The molecule has 0 spiro atoms. The van der Waals surface area contributed by atoms with Gasteiger partial charge in [0, 0.05) is 25.7 Å². The molecular weight excluding hydrogens is 359 g/mol. The third kappa shape index (κ3) is 4.95. The molecule has 0 aliphatic carbocycles.